The van der Waals surface area contributed by atoms with Crippen molar-refractivity contribution in [1.82, 2.24) is 9.97 Å². The van der Waals surface area contributed by atoms with Crippen LogP contribution in [0.2, 0.25) is 0 Å². The molecular formula is C11H10BrFN2O. The van der Waals surface area contributed by atoms with E-state index in [2.05, 4.69) is 25.9 Å². The van der Waals surface area contributed by atoms with Gasteiger partial charge in [-0.15, -0.1) is 0 Å². The highest BCUT2D eigenvalue weighted by Gasteiger charge is 2.11. The third kappa shape index (κ3) is 2.48. The molecule has 5 heteroatoms. The van der Waals surface area contributed by atoms with Crippen LogP contribution in [-0.2, 0) is 6.42 Å². The molecular weight excluding hydrogens is 275 g/mol. The highest BCUT2D eigenvalue weighted by atomic mass is 79.9. The normalized spacial score (nSPS) is 12.7. The number of imidazole rings is 1. The first kappa shape index (κ1) is 11.3. The largest absolute Gasteiger partial charge is 0.388 e. The van der Waals surface area contributed by atoms with Gasteiger partial charge in [0.1, 0.15) is 11.6 Å². The first-order valence-corrected chi connectivity index (χ1v) is 5.57. The van der Waals surface area contributed by atoms with E-state index < -0.39 is 6.10 Å². The van der Waals surface area contributed by atoms with Gasteiger partial charge in [-0.3, -0.25) is 0 Å². The number of rotatable bonds is 3. The topological polar surface area (TPSA) is 48.9 Å². The van der Waals surface area contributed by atoms with Crippen LogP contribution in [0.25, 0.3) is 0 Å². The number of benzene rings is 1. The van der Waals surface area contributed by atoms with Gasteiger partial charge in [0.15, 0.2) is 0 Å². The summed E-state index contributed by atoms with van der Waals surface area (Å²) in [4.78, 5) is 6.93. The maximum atomic E-state index is 13.0. The van der Waals surface area contributed by atoms with Crippen LogP contribution in [0.5, 0.6) is 0 Å². The molecule has 2 aromatic rings. The van der Waals surface area contributed by atoms with Crippen molar-refractivity contribution in [2.24, 2.45) is 0 Å². The van der Waals surface area contributed by atoms with Crippen LogP contribution in [-0.4, -0.2) is 15.1 Å². The number of aliphatic hydroxyl groups excluding tert-OH is 1. The minimum Gasteiger partial charge on any atom is -0.388 e. The van der Waals surface area contributed by atoms with E-state index in [9.17, 15) is 9.50 Å². The molecule has 84 valence electrons. The first-order chi connectivity index (χ1) is 7.66. The third-order valence-corrected chi connectivity index (χ3v) is 2.88. The van der Waals surface area contributed by atoms with Crippen molar-refractivity contribution < 1.29 is 9.50 Å². The maximum absolute atomic E-state index is 13.0. The highest BCUT2D eigenvalue weighted by molar-refractivity contribution is 9.10. The van der Waals surface area contributed by atoms with E-state index in [0.717, 1.165) is 0 Å². The molecule has 1 unspecified atom stereocenters. The molecule has 2 rings (SSSR count). The minimum atomic E-state index is -0.692. The predicted octanol–water partition coefficient (Wildman–Crippen LogP) is 2.59. The molecule has 0 aliphatic rings. The van der Waals surface area contributed by atoms with Crippen molar-refractivity contribution in [1.29, 1.82) is 0 Å². The minimum absolute atomic E-state index is 0.339. The Kier molecular flexibility index (Phi) is 3.36. The summed E-state index contributed by atoms with van der Waals surface area (Å²) in [7, 11) is 0. The van der Waals surface area contributed by atoms with Gasteiger partial charge in [0, 0.05) is 18.8 Å². The third-order valence-electron chi connectivity index (χ3n) is 2.27. The van der Waals surface area contributed by atoms with Crippen LogP contribution >= 0.6 is 15.9 Å². The lowest BCUT2D eigenvalue weighted by molar-refractivity contribution is 0.176. The summed E-state index contributed by atoms with van der Waals surface area (Å²) in [6.07, 6.45) is 3.01. The summed E-state index contributed by atoms with van der Waals surface area (Å²) in [5, 5.41) is 9.90. The molecule has 2 N–H and O–H groups in total. The molecule has 1 heterocycles. The van der Waals surface area contributed by atoms with E-state index in [1.54, 1.807) is 24.5 Å². The summed E-state index contributed by atoms with van der Waals surface area (Å²) in [5.74, 6) is 0.363. The van der Waals surface area contributed by atoms with Crippen molar-refractivity contribution in [3.63, 3.8) is 0 Å². The second-order valence-electron chi connectivity index (χ2n) is 3.43. The molecule has 1 atom stereocenters. The molecule has 0 radical (unpaired) electrons. The van der Waals surface area contributed by atoms with E-state index in [-0.39, 0.29) is 5.82 Å². The fourth-order valence-electron chi connectivity index (χ4n) is 1.43. The number of nitrogens with zero attached hydrogens (tertiary/aromatic N) is 1. The Hall–Kier alpha value is -1.20. The number of halogens is 2. The average Bonchev–Trinajstić information content (AvgIpc) is 2.74. The van der Waals surface area contributed by atoms with Crippen molar-refractivity contribution in [2.75, 3.05) is 0 Å². The Balaban J connectivity index is 2.14. The van der Waals surface area contributed by atoms with Gasteiger partial charge in [0.2, 0.25) is 0 Å². The summed E-state index contributed by atoms with van der Waals surface area (Å²) < 4.78 is 13.3. The van der Waals surface area contributed by atoms with Crippen LogP contribution in [0.3, 0.4) is 0 Å². The van der Waals surface area contributed by atoms with Gasteiger partial charge in [-0.25, -0.2) is 9.37 Å². The van der Waals surface area contributed by atoms with Crippen LogP contribution < -0.4 is 0 Å². The second-order valence-corrected chi connectivity index (χ2v) is 4.28. The Morgan fingerprint density at radius 3 is 2.94 bits per heavy atom. The highest BCUT2D eigenvalue weighted by Crippen LogP contribution is 2.22. The SMILES string of the molecule is OC(Cc1ncc[nH]1)c1ccc(F)c(Br)c1. The fraction of sp³-hybridized carbons (Fsp3) is 0.182. The molecule has 16 heavy (non-hydrogen) atoms. The Labute approximate surface area is 100 Å². The van der Waals surface area contributed by atoms with Crippen LogP contribution in [0.1, 0.15) is 17.5 Å². The first-order valence-electron chi connectivity index (χ1n) is 4.78. The van der Waals surface area contributed by atoms with Crippen molar-refractivity contribution in [3.05, 3.63) is 52.3 Å². The molecule has 3 nitrogen and oxygen atoms in total. The van der Waals surface area contributed by atoms with Crippen LogP contribution in [0.15, 0.2) is 35.1 Å². The van der Waals surface area contributed by atoms with Crippen LogP contribution in [0.4, 0.5) is 4.39 Å². The molecule has 0 bridgehead atoms. The Bertz CT molecular complexity index is 473. The maximum Gasteiger partial charge on any atom is 0.137 e. The standard InChI is InChI=1S/C11H10BrFN2O/c12-8-5-7(1-2-9(8)13)10(16)6-11-14-3-4-15-11/h1-5,10,16H,6H2,(H,14,15). The summed E-state index contributed by atoms with van der Waals surface area (Å²) in [6.45, 7) is 0. The molecule has 1 aromatic carbocycles. The van der Waals surface area contributed by atoms with Gasteiger partial charge in [-0.05, 0) is 33.6 Å². The number of nitrogens with one attached hydrogen (secondary N) is 1. The summed E-state index contributed by atoms with van der Waals surface area (Å²) >= 11 is 3.08. The van der Waals surface area contributed by atoms with Gasteiger partial charge < -0.3 is 10.1 Å². The number of H-pyrrole nitrogens is 1. The number of aromatic nitrogens is 2. The van der Waals surface area contributed by atoms with E-state index in [4.69, 9.17) is 0 Å². The van der Waals surface area contributed by atoms with E-state index in [1.807, 2.05) is 0 Å². The summed E-state index contributed by atoms with van der Waals surface area (Å²) in [5.41, 5.74) is 0.657. The molecule has 0 spiro atoms. The number of aliphatic hydroxyl groups is 1. The zero-order valence-electron chi connectivity index (χ0n) is 8.32. The lowest BCUT2D eigenvalue weighted by atomic mass is 10.1. The van der Waals surface area contributed by atoms with E-state index in [0.29, 0.717) is 22.3 Å². The monoisotopic (exact) mass is 284 g/mol. The molecule has 0 saturated heterocycles. The van der Waals surface area contributed by atoms with Crippen LogP contribution in [0, 0.1) is 5.82 Å². The molecule has 1 aromatic heterocycles. The fourth-order valence-corrected chi connectivity index (χ4v) is 1.83. The second kappa shape index (κ2) is 4.76. The van der Waals surface area contributed by atoms with Gasteiger partial charge >= 0.3 is 0 Å². The van der Waals surface area contributed by atoms with Crippen molar-refractivity contribution in [2.45, 2.75) is 12.5 Å². The molecule has 0 saturated carbocycles. The zero-order valence-corrected chi connectivity index (χ0v) is 9.91. The number of aromatic amines is 1. The Morgan fingerprint density at radius 2 is 2.31 bits per heavy atom. The van der Waals surface area contributed by atoms with E-state index >= 15 is 0 Å². The molecule has 0 fully saturated rings. The van der Waals surface area contributed by atoms with Gasteiger partial charge in [0.25, 0.3) is 0 Å². The summed E-state index contributed by atoms with van der Waals surface area (Å²) in [6, 6.07) is 4.46. The van der Waals surface area contributed by atoms with Crippen molar-refractivity contribution >= 4 is 15.9 Å². The zero-order chi connectivity index (χ0) is 11.5. The van der Waals surface area contributed by atoms with Gasteiger partial charge in [-0.2, -0.15) is 0 Å². The smallest absolute Gasteiger partial charge is 0.137 e. The van der Waals surface area contributed by atoms with Gasteiger partial charge in [0.05, 0.1) is 10.6 Å². The predicted molar refractivity (Wildman–Crippen MR) is 61.4 cm³/mol. The Morgan fingerprint density at radius 1 is 1.50 bits per heavy atom. The van der Waals surface area contributed by atoms with E-state index in [1.165, 1.54) is 6.07 Å². The van der Waals surface area contributed by atoms with Crippen molar-refractivity contribution in [3.8, 4) is 0 Å². The average molecular weight is 285 g/mol. The van der Waals surface area contributed by atoms with Gasteiger partial charge in [-0.1, -0.05) is 6.07 Å². The quantitative estimate of drug-likeness (QED) is 0.910. The number of hydrogen-bond donors (Lipinski definition) is 2. The lowest BCUT2D eigenvalue weighted by Crippen LogP contribution is -2.03. The molecule has 0 amide bonds. The molecule has 0 aliphatic heterocycles. The number of hydrogen-bond acceptors (Lipinski definition) is 2. The lowest BCUT2D eigenvalue weighted by Gasteiger charge is -2.09. The molecule has 0 aliphatic carbocycles.